The molecular formula is C12H22N3O6Ru. The molecule has 0 spiro atoms. The Balaban J connectivity index is -0.000000273. The van der Waals surface area contributed by atoms with E-state index in [1.165, 1.54) is 0 Å². The van der Waals surface area contributed by atoms with Crippen LogP contribution in [0.25, 0.3) is 16.2 Å². The first kappa shape index (κ1) is 26.0. The van der Waals surface area contributed by atoms with Gasteiger partial charge in [-0.3, -0.25) is 9.59 Å². The zero-order valence-electron chi connectivity index (χ0n) is 12.1. The van der Waals surface area contributed by atoms with Crippen molar-refractivity contribution in [2.75, 3.05) is 13.1 Å². The molecule has 2 atom stereocenters. The maximum atomic E-state index is 10.3. The van der Waals surface area contributed by atoms with Crippen LogP contribution in [-0.2, 0) is 29.1 Å². The minimum absolute atomic E-state index is 0. The fourth-order valence-corrected chi connectivity index (χ4v) is 1.98. The van der Waals surface area contributed by atoms with Gasteiger partial charge in [0, 0.05) is 0 Å². The number of hydrogen-bond donors (Lipinski definition) is 2. The van der Waals surface area contributed by atoms with Gasteiger partial charge in [0.05, 0.1) is 0 Å². The van der Waals surface area contributed by atoms with Crippen molar-refractivity contribution in [3.05, 3.63) is 21.1 Å². The first-order valence-electron chi connectivity index (χ1n) is 6.58. The Hall–Kier alpha value is -0.957. The molecule has 22 heavy (non-hydrogen) atoms. The summed E-state index contributed by atoms with van der Waals surface area (Å²) in [7, 11) is 0. The SMILES string of the molecule is O.O=C(O)C1CCCC[N-]1.O=C(O)C1CCCC[N-]1.[N-]=O.[Ru+3]. The van der Waals surface area contributed by atoms with Crippen molar-refractivity contribution in [2.24, 2.45) is 0 Å². The van der Waals surface area contributed by atoms with Gasteiger partial charge in [-0.2, -0.15) is 0 Å². The zero-order valence-corrected chi connectivity index (χ0v) is 13.9. The number of piperidine rings is 2. The summed E-state index contributed by atoms with van der Waals surface area (Å²) in [6, 6.07) is -0.808. The van der Waals surface area contributed by atoms with Gasteiger partial charge in [-0.1, -0.05) is 38.5 Å². The second kappa shape index (κ2) is 16.4. The van der Waals surface area contributed by atoms with Crippen LogP contribution >= 0.6 is 0 Å². The van der Waals surface area contributed by atoms with E-state index in [1.807, 2.05) is 0 Å². The standard InChI is InChI=1S/2C6H10NO2.NO.H2O.Ru/c2*8-6(9)5-3-1-2-4-7-5;1-2;;/h2*5H,1-4H2,(H,8,9);;1H2;/q3*-1;;+3. The molecule has 2 saturated heterocycles. The van der Waals surface area contributed by atoms with Gasteiger partial charge >= 0.3 is 19.5 Å². The van der Waals surface area contributed by atoms with Crippen molar-refractivity contribution in [2.45, 2.75) is 50.6 Å². The third-order valence-corrected chi connectivity index (χ3v) is 3.04. The van der Waals surface area contributed by atoms with E-state index in [9.17, 15) is 9.59 Å². The minimum Gasteiger partial charge on any atom is -0.650 e. The summed E-state index contributed by atoms with van der Waals surface area (Å²) in [5, 5.41) is 24.7. The van der Waals surface area contributed by atoms with Crippen LogP contribution in [0.5, 0.6) is 0 Å². The van der Waals surface area contributed by atoms with Crippen LogP contribution < -0.4 is 0 Å². The average molecular weight is 405 g/mol. The molecule has 0 aromatic carbocycles. The average Bonchev–Trinajstić information content (AvgIpc) is 2.51. The topological polar surface area (TPSA) is 174 Å². The summed E-state index contributed by atoms with van der Waals surface area (Å²) in [6.07, 6.45) is 5.61. The van der Waals surface area contributed by atoms with E-state index in [1.54, 1.807) is 0 Å². The number of carbonyl (C=O) groups is 2. The van der Waals surface area contributed by atoms with Crippen molar-refractivity contribution in [1.29, 1.82) is 0 Å². The molecule has 2 aliphatic heterocycles. The van der Waals surface area contributed by atoms with E-state index >= 15 is 0 Å². The molecule has 2 unspecified atom stereocenters. The summed E-state index contributed by atoms with van der Waals surface area (Å²) in [5.74, 6) is -1.54. The number of carboxylic acid groups (broad SMARTS) is 2. The quantitative estimate of drug-likeness (QED) is 0.661. The van der Waals surface area contributed by atoms with E-state index in [2.05, 4.69) is 10.6 Å². The molecule has 10 heteroatoms. The number of carboxylic acids is 2. The van der Waals surface area contributed by atoms with Crippen LogP contribution in [0.15, 0.2) is 0 Å². The molecule has 0 aromatic heterocycles. The first-order chi connectivity index (χ1) is 9.61. The van der Waals surface area contributed by atoms with Gasteiger partial charge in [0.1, 0.15) is 0 Å². The van der Waals surface area contributed by atoms with E-state index in [0.29, 0.717) is 0 Å². The predicted molar refractivity (Wildman–Crippen MR) is 77.3 cm³/mol. The fraction of sp³-hybridized carbons (Fsp3) is 0.833. The first-order valence-corrected chi connectivity index (χ1v) is 6.58. The molecule has 0 aliphatic carbocycles. The second-order valence-corrected chi connectivity index (χ2v) is 4.51. The Morgan fingerprint density at radius 1 is 0.818 bits per heavy atom. The third-order valence-electron chi connectivity index (χ3n) is 3.04. The van der Waals surface area contributed by atoms with E-state index in [0.717, 1.165) is 51.6 Å². The molecule has 4 N–H and O–H groups in total. The Morgan fingerprint density at radius 3 is 1.27 bits per heavy atom. The summed E-state index contributed by atoms with van der Waals surface area (Å²) < 4.78 is 0. The third kappa shape index (κ3) is 11.7. The van der Waals surface area contributed by atoms with Crippen LogP contribution in [0.2, 0.25) is 0 Å². The molecule has 2 aliphatic rings. The van der Waals surface area contributed by atoms with E-state index in [-0.39, 0.29) is 25.0 Å². The fourth-order valence-electron chi connectivity index (χ4n) is 1.98. The van der Waals surface area contributed by atoms with Gasteiger partial charge in [0.15, 0.2) is 0 Å². The van der Waals surface area contributed by atoms with Crippen LogP contribution in [0, 0.1) is 4.91 Å². The monoisotopic (exact) mass is 406 g/mol. The molecule has 0 bridgehead atoms. The van der Waals surface area contributed by atoms with Gasteiger partial charge in [-0.15, -0.1) is 13.1 Å². The van der Waals surface area contributed by atoms with Crippen LogP contribution in [-0.4, -0.2) is 52.8 Å². The number of rotatable bonds is 2. The Kier molecular flexibility index (Phi) is 19.4. The molecule has 2 heterocycles. The normalized spacial score (nSPS) is 22.9. The molecule has 0 saturated carbocycles. The van der Waals surface area contributed by atoms with E-state index in [4.69, 9.17) is 20.7 Å². The number of nitrogens with zero attached hydrogens (tertiary/aromatic N) is 3. The number of nitroso groups, excluding NO2 is 1. The molecular weight excluding hydrogens is 383 g/mol. The molecule has 2 fully saturated rings. The van der Waals surface area contributed by atoms with Gasteiger partial charge in [0.25, 0.3) is 11.9 Å². The maximum absolute atomic E-state index is 10.3. The van der Waals surface area contributed by atoms with Crippen molar-refractivity contribution in [1.82, 2.24) is 0 Å². The molecule has 2 rings (SSSR count). The smallest absolute Gasteiger partial charge is 0.650 e. The molecule has 0 amide bonds. The zero-order chi connectivity index (χ0) is 15.4. The predicted octanol–water partition coefficient (Wildman–Crippen LogP) is 1.49. The van der Waals surface area contributed by atoms with Gasteiger partial charge < -0.3 is 36.8 Å². The van der Waals surface area contributed by atoms with Gasteiger partial charge in [-0.25, -0.2) is 0 Å². The van der Waals surface area contributed by atoms with Crippen molar-refractivity contribution >= 4 is 11.9 Å². The summed E-state index contributed by atoms with van der Waals surface area (Å²) in [5.41, 5.74) is 5.75. The number of aliphatic carboxylic acids is 2. The van der Waals surface area contributed by atoms with Crippen LogP contribution in [0.4, 0.5) is 0 Å². The van der Waals surface area contributed by atoms with Crippen molar-refractivity contribution < 1.29 is 44.8 Å². The van der Waals surface area contributed by atoms with Crippen molar-refractivity contribution in [3.8, 4) is 0 Å². The molecule has 0 aromatic rings. The minimum atomic E-state index is -0.769. The second-order valence-electron chi connectivity index (χ2n) is 4.51. The van der Waals surface area contributed by atoms with Gasteiger partial charge in [0.2, 0.25) is 0 Å². The van der Waals surface area contributed by atoms with Crippen LogP contribution in [0.1, 0.15) is 38.5 Å². The summed E-state index contributed by atoms with van der Waals surface area (Å²) >= 11 is 0. The number of hydrogen-bond acceptors (Lipinski definition) is 3. The summed E-state index contributed by atoms with van der Waals surface area (Å²) in [6.45, 7) is 1.47. The Bertz CT molecular complexity index is 269. The largest absolute Gasteiger partial charge is 3.00 e. The summed E-state index contributed by atoms with van der Waals surface area (Å²) in [4.78, 5) is 27.8. The molecule has 9 nitrogen and oxygen atoms in total. The Labute approximate surface area is 142 Å². The molecule has 1 radical (unpaired) electrons. The molecule has 129 valence electrons. The Morgan fingerprint density at radius 2 is 1.14 bits per heavy atom. The van der Waals surface area contributed by atoms with Crippen molar-refractivity contribution in [3.63, 3.8) is 0 Å². The van der Waals surface area contributed by atoms with E-state index < -0.39 is 24.0 Å². The van der Waals surface area contributed by atoms with Gasteiger partial charge in [-0.05, 0) is 12.1 Å². The van der Waals surface area contributed by atoms with Crippen LogP contribution in [0.3, 0.4) is 0 Å². The maximum Gasteiger partial charge on any atom is 3.00 e.